The Kier molecular flexibility index (Phi) is 3.93. The van der Waals surface area contributed by atoms with Crippen molar-refractivity contribution in [2.24, 2.45) is 0 Å². The molecule has 0 saturated carbocycles. The number of rotatable bonds is 2. The van der Waals surface area contributed by atoms with Crippen LogP contribution in [0.25, 0.3) is 0 Å². The van der Waals surface area contributed by atoms with Crippen molar-refractivity contribution >= 4 is 11.7 Å². The maximum absolute atomic E-state index is 12.6. The van der Waals surface area contributed by atoms with Gasteiger partial charge < -0.3 is 19.0 Å². The number of aromatic nitrogens is 2. The van der Waals surface area contributed by atoms with Gasteiger partial charge >= 0.3 is 0 Å². The van der Waals surface area contributed by atoms with Gasteiger partial charge in [0.2, 0.25) is 0 Å². The van der Waals surface area contributed by atoms with Gasteiger partial charge in [-0.3, -0.25) is 9.78 Å². The summed E-state index contributed by atoms with van der Waals surface area (Å²) in [6.07, 6.45) is 10.1. The van der Waals surface area contributed by atoms with Crippen LogP contribution < -0.4 is 4.90 Å². The molecule has 4 rings (SSSR count). The molecule has 1 amide bonds. The van der Waals surface area contributed by atoms with Gasteiger partial charge in [0.1, 0.15) is 17.7 Å². The molecule has 7 nitrogen and oxygen atoms in total. The van der Waals surface area contributed by atoms with Crippen molar-refractivity contribution in [1.29, 1.82) is 0 Å². The highest BCUT2D eigenvalue weighted by molar-refractivity contribution is 5.93. The largest absolute Gasteiger partial charge is 0.472 e. The van der Waals surface area contributed by atoms with Crippen molar-refractivity contribution in [1.82, 2.24) is 14.9 Å². The van der Waals surface area contributed by atoms with Crippen molar-refractivity contribution in [3.8, 4) is 0 Å². The Bertz CT molecular complexity index is 687. The maximum Gasteiger partial charge on any atom is 0.257 e. The van der Waals surface area contributed by atoms with E-state index in [-0.39, 0.29) is 11.5 Å². The molecule has 2 saturated heterocycles. The Morgan fingerprint density at radius 3 is 3.00 bits per heavy atom. The zero-order chi connectivity index (χ0) is 16.4. The van der Waals surface area contributed by atoms with Crippen LogP contribution in [0, 0.1) is 0 Å². The summed E-state index contributed by atoms with van der Waals surface area (Å²) in [6, 6.07) is 1.71. The van der Waals surface area contributed by atoms with Crippen LogP contribution in [0.5, 0.6) is 0 Å². The van der Waals surface area contributed by atoms with E-state index < -0.39 is 0 Å². The van der Waals surface area contributed by atoms with Crippen molar-refractivity contribution in [3.63, 3.8) is 0 Å². The third-order valence-electron chi connectivity index (χ3n) is 4.72. The van der Waals surface area contributed by atoms with E-state index in [9.17, 15) is 4.79 Å². The Labute approximate surface area is 140 Å². The monoisotopic (exact) mass is 328 g/mol. The standard InChI is InChI=1S/C17H20N4O3/c22-16(14-2-8-23-11-14)21-7-9-24-17(13-21)3-1-6-20(12-17)15-10-18-4-5-19-15/h2,4-5,8,10-11H,1,3,6-7,9,12-13H2. The zero-order valence-corrected chi connectivity index (χ0v) is 13.4. The van der Waals surface area contributed by atoms with Gasteiger partial charge in [-0.25, -0.2) is 4.98 Å². The molecule has 0 bridgehead atoms. The maximum atomic E-state index is 12.6. The highest BCUT2D eigenvalue weighted by Gasteiger charge is 2.42. The van der Waals surface area contributed by atoms with E-state index in [2.05, 4.69) is 14.9 Å². The first-order chi connectivity index (χ1) is 11.8. The molecule has 1 atom stereocenters. The molecule has 1 unspecified atom stereocenters. The summed E-state index contributed by atoms with van der Waals surface area (Å²) < 4.78 is 11.2. The molecular formula is C17H20N4O3. The molecule has 7 heteroatoms. The first kappa shape index (κ1) is 15.1. The summed E-state index contributed by atoms with van der Waals surface area (Å²) in [6.45, 7) is 3.41. The van der Waals surface area contributed by atoms with Crippen LogP contribution in [-0.4, -0.2) is 59.2 Å². The smallest absolute Gasteiger partial charge is 0.257 e. The molecule has 2 aliphatic heterocycles. The second-order valence-corrected chi connectivity index (χ2v) is 6.36. The van der Waals surface area contributed by atoms with Crippen molar-refractivity contribution in [3.05, 3.63) is 42.7 Å². The Morgan fingerprint density at radius 1 is 1.25 bits per heavy atom. The van der Waals surface area contributed by atoms with E-state index in [1.807, 2.05) is 4.90 Å². The fourth-order valence-corrected chi connectivity index (χ4v) is 3.58. The minimum atomic E-state index is -0.340. The first-order valence-corrected chi connectivity index (χ1v) is 8.22. The van der Waals surface area contributed by atoms with E-state index >= 15 is 0 Å². The molecule has 2 aromatic heterocycles. The number of morpholine rings is 1. The summed E-state index contributed by atoms with van der Waals surface area (Å²) >= 11 is 0. The summed E-state index contributed by atoms with van der Waals surface area (Å²) in [5.74, 6) is 0.863. The number of carbonyl (C=O) groups excluding carboxylic acids is 1. The van der Waals surface area contributed by atoms with Gasteiger partial charge in [0.15, 0.2) is 0 Å². The van der Waals surface area contributed by atoms with Gasteiger partial charge in [0.25, 0.3) is 5.91 Å². The summed E-state index contributed by atoms with van der Waals surface area (Å²) in [7, 11) is 0. The van der Waals surface area contributed by atoms with Gasteiger partial charge in [-0.05, 0) is 18.9 Å². The van der Waals surface area contributed by atoms with Crippen LogP contribution in [-0.2, 0) is 4.74 Å². The lowest BCUT2D eigenvalue weighted by Crippen LogP contribution is -2.61. The lowest BCUT2D eigenvalue weighted by atomic mass is 9.90. The average molecular weight is 328 g/mol. The summed E-state index contributed by atoms with van der Waals surface area (Å²) in [5.41, 5.74) is 0.251. The number of furan rings is 1. The predicted molar refractivity (Wildman–Crippen MR) is 86.8 cm³/mol. The summed E-state index contributed by atoms with van der Waals surface area (Å²) in [5, 5.41) is 0. The fraction of sp³-hybridized carbons (Fsp3) is 0.471. The fourth-order valence-electron chi connectivity index (χ4n) is 3.58. The Balaban J connectivity index is 1.50. The second kappa shape index (κ2) is 6.24. The average Bonchev–Trinajstić information content (AvgIpc) is 3.17. The van der Waals surface area contributed by atoms with Gasteiger partial charge in [-0.1, -0.05) is 0 Å². The Morgan fingerprint density at radius 2 is 2.21 bits per heavy atom. The lowest BCUT2D eigenvalue weighted by Gasteiger charge is -2.48. The molecule has 1 spiro atoms. The highest BCUT2D eigenvalue weighted by atomic mass is 16.5. The van der Waals surface area contributed by atoms with Crippen LogP contribution in [0.3, 0.4) is 0 Å². The first-order valence-electron chi connectivity index (χ1n) is 8.22. The van der Waals surface area contributed by atoms with Gasteiger partial charge in [0.05, 0.1) is 37.7 Å². The third kappa shape index (κ3) is 2.87. The lowest BCUT2D eigenvalue weighted by molar-refractivity contribution is -0.105. The number of carbonyl (C=O) groups is 1. The normalized spacial score (nSPS) is 24.3. The Hall–Kier alpha value is -2.41. The highest BCUT2D eigenvalue weighted by Crippen LogP contribution is 2.31. The molecule has 2 fully saturated rings. The minimum Gasteiger partial charge on any atom is -0.472 e. The van der Waals surface area contributed by atoms with Gasteiger partial charge in [0, 0.05) is 25.5 Å². The van der Waals surface area contributed by atoms with Gasteiger partial charge in [-0.15, -0.1) is 0 Å². The van der Waals surface area contributed by atoms with E-state index in [1.54, 1.807) is 24.7 Å². The number of ether oxygens (including phenoxy) is 1. The quantitative estimate of drug-likeness (QED) is 0.833. The molecular weight excluding hydrogens is 308 g/mol. The molecule has 0 aromatic carbocycles. The molecule has 2 aromatic rings. The zero-order valence-electron chi connectivity index (χ0n) is 13.4. The van der Waals surface area contributed by atoms with Crippen molar-refractivity contribution in [2.75, 3.05) is 37.7 Å². The number of hydrogen-bond donors (Lipinski definition) is 0. The molecule has 4 heterocycles. The predicted octanol–water partition coefficient (Wildman–Crippen LogP) is 1.58. The van der Waals surface area contributed by atoms with E-state index in [0.29, 0.717) is 25.3 Å². The minimum absolute atomic E-state index is 0.00283. The SMILES string of the molecule is O=C(c1ccoc1)N1CCOC2(CCCN(c3cnccn3)C2)C1. The topological polar surface area (TPSA) is 71.7 Å². The number of piperidine rings is 1. The molecule has 24 heavy (non-hydrogen) atoms. The molecule has 0 radical (unpaired) electrons. The second-order valence-electron chi connectivity index (χ2n) is 6.36. The summed E-state index contributed by atoms with van der Waals surface area (Å²) in [4.78, 5) is 25.2. The molecule has 0 aliphatic carbocycles. The van der Waals surface area contributed by atoms with E-state index in [1.165, 1.54) is 12.5 Å². The third-order valence-corrected chi connectivity index (χ3v) is 4.72. The number of nitrogens with zero attached hydrogens (tertiary/aromatic N) is 4. The van der Waals surface area contributed by atoms with E-state index in [4.69, 9.17) is 9.15 Å². The van der Waals surface area contributed by atoms with Crippen LogP contribution in [0.15, 0.2) is 41.6 Å². The number of hydrogen-bond acceptors (Lipinski definition) is 6. The van der Waals surface area contributed by atoms with Crippen LogP contribution in [0.2, 0.25) is 0 Å². The van der Waals surface area contributed by atoms with Gasteiger partial charge in [-0.2, -0.15) is 0 Å². The van der Waals surface area contributed by atoms with Crippen molar-refractivity contribution in [2.45, 2.75) is 18.4 Å². The van der Waals surface area contributed by atoms with E-state index in [0.717, 1.165) is 31.7 Å². The van der Waals surface area contributed by atoms with Crippen LogP contribution >= 0.6 is 0 Å². The molecule has 0 N–H and O–H groups in total. The van der Waals surface area contributed by atoms with Crippen LogP contribution in [0.4, 0.5) is 5.82 Å². The number of anilines is 1. The number of amides is 1. The van der Waals surface area contributed by atoms with Crippen molar-refractivity contribution < 1.29 is 13.9 Å². The van der Waals surface area contributed by atoms with Crippen LogP contribution in [0.1, 0.15) is 23.2 Å². The molecule has 126 valence electrons. The molecule has 2 aliphatic rings.